The van der Waals surface area contributed by atoms with Crippen molar-refractivity contribution in [3.05, 3.63) is 52.2 Å². The van der Waals surface area contributed by atoms with Gasteiger partial charge in [0.05, 0.1) is 0 Å². The van der Waals surface area contributed by atoms with Crippen LogP contribution in [0.5, 0.6) is 0 Å². The first-order valence-electron chi connectivity index (χ1n) is 6.89. The second kappa shape index (κ2) is 9.98. The Morgan fingerprint density at radius 2 is 2.24 bits per heavy atom. The van der Waals surface area contributed by atoms with Gasteiger partial charge in [-0.25, -0.2) is 9.69 Å². The van der Waals surface area contributed by atoms with E-state index in [-0.39, 0.29) is 24.1 Å². The average molecular weight is 368 g/mol. The second-order valence-electron chi connectivity index (χ2n) is 4.46. The number of hydrogen-bond donors (Lipinski definition) is 2. The predicted octanol–water partition coefficient (Wildman–Crippen LogP) is -0.435. The summed E-state index contributed by atoms with van der Waals surface area (Å²) in [5, 5.41) is 12.9. The van der Waals surface area contributed by atoms with E-state index in [1.807, 2.05) is 0 Å². The number of nitrogens with two attached hydrogens (primary N) is 1. The van der Waals surface area contributed by atoms with Crippen molar-refractivity contribution in [1.29, 1.82) is 0 Å². The normalized spacial score (nSPS) is 12.7. The fraction of sp³-hybridized carbons (Fsp3) is 0.286. The number of amides is 1. The molecule has 3 N–H and O–H groups in total. The molecule has 0 atom stereocenters. The molecule has 1 amide bonds. The average Bonchev–Trinajstić information content (AvgIpc) is 2.53. The largest absolute Gasteiger partial charge is 0.460 e. The zero-order valence-corrected chi connectivity index (χ0v) is 13.9. The van der Waals surface area contributed by atoms with Crippen molar-refractivity contribution < 1.29 is 24.0 Å². The maximum Gasteiger partial charge on any atom is 0.332 e. The van der Waals surface area contributed by atoms with Gasteiger partial charge in [-0.15, -0.1) is 0 Å². The Labute approximate surface area is 148 Å². The number of ether oxygens (including phenoxy) is 2. The molecule has 1 rings (SSSR count). The van der Waals surface area contributed by atoms with Crippen molar-refractivity contribution in [2.24, 2.45) is 5.73 Å². The molecule has 0 saturated carbocycles. The molecule has 0 unspecified atom stereocenters. The van der Waals surface area contributed by atoms with Crippen LogP contribution in [0.25, 0.3) is 0 Å². The summed E-state index contributed by atoms with van der Waals surface area (Å²) in [5.74, 6) is -1.51. The number of allylic oxidation sites excluding steroid dienone is 2. The van der Waals surface area contributed by atoms with E-state index in [4.69, 9.17) is 15.2 Å². The van der Waals surface area contributed by atoms with Crippen LogP contribution in [0.1, 0.15) is 0 Å². The molecule has 1 aliphatic rings. The van der Waals surface area contributed by atoms with E-state index in [0.29, 0.717) is 5.70 Å². The third-order valence-electron chi connectivity index (χ3n) is 2.71. The van der Waals surface area contributed by atoms with Gasteiger partial charge in [0.2, 0.25) is 0 Å². The summed E-state index contributed by atoms with van der Waals surface area (Å²) < 4.78 is 9.73. The van der Waals surface area contributed by atoms with Gasteiger partial charge in [-0.05, 0) is 29.3 Å². The molecule has 0 aromatic heterocycles. The molecule has 11 heteroatoms. The molecular weight excluding hydrogens is 352 g/mol. The van der Waals surface area contributed by atoms with Gasteiger partial charge < -0.3 is 30.6 Å². The maximum atomic E-state index is 11.5. The minimum absolute atomic E-state index is 0.0304. The fourth-order valence-electron chi connectivity index (χ4n) is 1.75. The van der Waals surface area contributed by atoms with Gasteiger partial charge in [-0.2, -0.15) is 0 Å². The first-order valence-corrected chi connectivity index (χ1v) is 7.30. The highest BCUT2D eigenvalue weighted by Gasteiger charge is 2.25. The summed E-state index contributed by atoms with van der Waals surface area (Å²) in [6.45, 7) is 2.57. The number of nitrogens with zero attached hydrogens (tertiary/aromatic N) is 2. The maximum absolute atomic E-state index is 11.5. The summed E-state index contributed by atoms with van der Waals surface area (Å²) in [7, 11) is 0. The summed E-state index contributed by atoms with van der Waals surface area (Å²) in [6.07, 6.45) is 4.08. The lowest BCUT2D eigenvalue weighted by Gasteiger charge is -2.19. The smallest absolute Gasteiger partial charge is 0.332 e. The van der Waals surface area contributed by atoms with Gasteiger partial charge >= 0.3 is 11.8 Å². The molecule has 0 radical (unpaired) electrons. The van der Waals surface area contributed by atoms with Gasteiger partial charge in [-0.3, -0.25) is 4.79 Å². The van der Waals surface area contributed by atoms with Crippen LogP contribution >= 0.6 is 12.2 Å². The molecule has 0 bridgehead atoms. The first kappa shape index (κ1) is 20.0. The van der Waals surface area contributed by atoms with E-state index < -0.39 is 30.0 Å². The predicted molar refractivity (Wildman–Crippen MR) is 90.3 cm³/mol. The number of esters is 1. The van der Waals surface area contributed by atoms with Gasteiger partial charge in [-0.1, -0.05) is 12.3 Å². The molecule has 0 aliphatic carbocycles. The third-order valence-corrected chi connectivity index (χ3v) is 2.81. The van der Waals surface area contributed by atoms with Crippen LogP contribution < -0.4 is 11.1 Å². The van der Waals surface area contributed by atoms with Crippen molar-refractivity contribution in [3.8, 4) is 0 Å². The lowest BCUT2D eigenvalue weighted by atomic mass is 10.3. The molecule has 1 aliphatic heterocycles. The Balaban J connectivity index is 2.39. The highest BCUT2D eigenvalue weighted by atomic mass is 32.1. The van der Waals surface area contributed by atoms with Crippen LogP contribution in [-0.2, 0) is 19.1 Å². The first-order chi connectivity index (χ1) is 11.8. The number of carbonyl (C=O) groups is 2. The molecule has 25 heavy (non-hydrogen) atoms. The van der Waals surface area contributed by atoms with Crippen LogP contribution in [0, 0.1) is 10.1 Å². The topological polar surface area (TPSA) is 137 Å². The van der Waals surface area contributed by atoms with Crippen LogP contribution in [-0.4, -0.2) is 53.2 Å². The van der Waals surface area contributed by atoms with E-state index >= 15 is 0 Å². The zero-order valence-electron chi connectivity index (χ0n) is 13.1. The van der Waals surface area contributed by atoms with Crippen molar-refractivity contribution >= 4 is 29.2 Å². The summed E-state index contributed by atoms with van der Waals surface area (Å²) in [6, 6.07) is 0. The van der Waals surface area contributed by atoms with Gasteiger partial charge in [0, 0.05) is 6.08 Å². The van der Waals surface area contributed by atoms with Crippen LogP contribution in [0.3, 0.4) is 0 Å². The lowest BCUT2D eigenvalue weighted by Crippen LogP contribution is -2.37. The van der Waals surface area contributed by atoms with E-state index in [0.717, 1.165) is 0 Å². The van der Waals surface area contributed by atoms with E-state index in [2.05, 4.69) is 29.8 Å². The molecule has 134 valence electrons. The molecule has 10 nitrogen and oxygen atoms in total. The Morgan fingerprint density at radius 3 is 2.84 bits per heavy atom. The quantitative estimate of drug-likeness (QED) is 0.182. The van der Waals surface area contributed by atoms with E-state index in [9.17, 15) is 19.7 Å². The van der Waals surface area contributed by atoms with Crippen LogP contribution in [0.4, 0.5) is 0 Å². The molecule has 0 aromatic carbocycles. The number of rotatable bonds is 9. The highest BCUT2D eigenvalue weighted by molar-refractivity contribution is 7.80. The van der Waals surface area contributed by atoms with Crippen molar-refractivity contribution in [2.75, 3.05) is 26.4 Å². The number of carbonyl (C=O) groups excluding carboxylic acids is 2. The van der Waals surface area contributed by atoms with Gasteiger partial charge in [0.15, 0.2) is 10.8 Å². The third kappa shape index (κ3) is 6.96. The van der Waals surface area contributed by atoms with Crippen molar-refractivity contribution in [1.82, 2.24) is 10.2 Å². The molecule has 0 aromatic rings. The van der Waals surface area contributed by atoms with E-state index in [1.165, 1.54) is 23.1 Å². The lowest BCUT2D eigenvalue weighted by molar-refractivity contribution is -0.444. The Hall–Kier alpha value is -3.01. The summed E-state index contributed by atoms with van der Waals surface area (Å²) >= 11 is 4.47. The molecule has 0 spiro atoms. The Kier molecular flexibility index (Phi) is 8.00. The summed E-state index contributed by atoms with van der Waals surface area (Å²) in [4.78, 5) is 34.4. The Morgan fingerprint density at radius 1 is 1.52 bits per heavy atom. The molecule has 0 fully saturated rings. The van der Waals surface area contributed by atoms with Crippen molar-refractivity contribution in [3.63, 3.8) is 0 Å². The Bertz CT molecular complexity index is 681. The standard InChI is InChI=1S/C14H16N4O6S/c1-2-10-4-3-5-12(18(21)22)17(10)6-7-24-13(20)9-23-8-11(19)16-14(15)25/h2-3,5H,1,6-9H2,(H3,15,16,19,25). The van der Waals surface area contributed by atoms with Gasteiger partial charge in [0.25, 0.3) is 5.91 Å². The number of hydrogen-bond acceptors (Lipinski definition) is 8. The number of nitrogens with one attached hydrogen (secondary N) is 1. The monoisotopic (exact) mass is 368 g/mol. The zero-order chi connectivity index (χ0) is 18.8. The second-order valence-corrected chi connectivity index (χ2v) is 4.90. The van der Waals surface area contributed by atoms with Crippen molar-refractivity contribution in [2.45, 2.75) is 0 Å². The number of thiocarbonyl (C=S) groups is 1. The van der Waals surface area contributed by atoms with E-state index in [1.54, 1.807) is 0 Å². The van der Waals surface area contributed by atoms with Crippen LogP contribution in [0.15, 0.2) is 42.1 Å². The fourth-order valence-corrected chi connectivity index (χ4v) is 1.86. The molecule has 1 heterocycles. The SMILES string of the molecule is C=CC1=C=CC=C([N+](=O)[O-])N1CCOC(=O)COCC(=O)NC(N)=S. The molecule has 0 saturated heterocycles. The van der Waals surface area contributed by atoms with Gasteiger partial charge in [0.1, 0.15) is 26.4 Å². The highest BCUT2D eigenvalue weighted by Crippen LogP contribution is 2.17. The number of nitro groups is 1. The summed E-state index contributed by atoms with van der Waals surface area (Å²) in [5.41, 5.74) is 8.27. The van der Waals surface area contributed by atoms with Crippen LogP contribution in [0.2, 0.25) is 0 Å². The minimum Gasteiger partial charge on any atom is -0.460 e. The minimum atomic E-state index is -0.730. The molecular formula is C14H16N4O6S.